The van der Waals surface area contributed by atoms with Crippen LogP contribution in [0.15, 0.2) is 47.4 Å². The first-order valence-electron chi connectivity index (χ1n) is 8.96. The van der Waals surface area contributed by atoms with Crippen LogP contribution in [0.3, 0.4) is 0 Å². The minimum atomic E-state index is -3.74. The number of sulfonamides is 1. The SMILES string of the molecule is CNS(=O)(=O)c1ccc(N2CCC(c3cccc(OC)c3)CC2)c([N+](=O)[O-])c1. The summed E-state index contributed by atoms with van der Waals surface area (Å²) in [7, 11) is -0.824. The molecule has 150 valence electrons. The van der Waals surface area contributed by atoms with E-state index in [0.29, 0.717) is 24.7 Å². The normalized spacial score (nSPS) is 15.4. The molecule has 8 nitrogen and oxygen atoms in total. The van der Waals surface area contributed by atoms with E-state index in [4.69, 9.17) is 4.74 Å². The second kappa shape index (κ2) is 8.15. The number of rotatable bonds is 6. The number of hydrogen-bond donors (Lipinski definition) is 1. The van der Waals surface area contributed by atoms with Crippen molar-refractivity contribution in [2.45, 2.75) is 23.7 Å². The summed E-state index contributed by atoms with van der Waals surface area (Å²) in [5.41, 5.74) is 1.45. The minimum Gasteiger partial charge on any atom is -0.497 e. The zero-order chi connectivity index (χ0) is 20.3. The van der Waals surface area contributed by atoms with Crippen LogP contribution in [0.25, 0.3) is 0 Å². The van der Waals surface area contributed by atoms with Crippen LogP contribution in [0.2, 0.25) is 0 Å². The number of nitro benzene ring substituents is 1. The van der Waals surface area contributed by atoms with Crippen LogP contribution < -0.4 is 14.4 Å². The molecule has 1 saturated heterocycles. The average molecular weight is 405 g/mol. The lowest BCUT2D eigenvalue weighted by atomic mass is 9.89. The van der Waals surface area contributed by atoms with E-state index in [-0.39, 0.29) is 10.6 Å². The van der Waals surface area contributed by atoms with Crippen molar-refractivity contribution in [2.24, 2.45) is 0 Å². The van der Waals surface area contributed by atoms with E-state index in [9.17, 15) is 18.5 Å². The monoisotopic (exact) mass is 405 g/mol. The molecule has 3 rings (SSSR count). The van der Waals surface area contributed by atoms with Gasteiger partial charge in [0, 0.05) is 19.2 Å². The average Bonchev–Trinajstić information content (AvgIpc) is 2.73. The standard InChI is InChI=1S/C19H23N3O5S/c1-20-28(25,26)17-6-7-18(19(13-17)22(23)24)21-10-8-14(9-11-21)15-4-3-5-16(12-15)27-2/h3-7,12-14,20H,8-11H2,1-2H3. The molecule has 1 aliphatic rings. The van der Waals surface area contributed by atoms with Crippen LogP contribution in [0, 0.1) is 10.1 Å². The maximum atomic E-state index is 12.0. The van der Waals surface area contributed by atoms with Crippen LogP contribution in [0.4, 0.5) is 11.4 Å². The highest BCUT2D eigenvalue weighted by Crippen LogP contribution is 2.36. The number of methoxy groups -OCH3 is 1. The molecule has 0 unspecified atom stereocenters. The van der Waals surface area contributed by atoms with E-state index in [1.54, 1.807) is 7.11 Å². The Morgan fingerprint density at radius 1 is 1.18 bits per heavy atom. The fourth-order valence-corrected chi connectivity index (χ4v) is 4.30. The maximum absolute atomic E-state index is 12.0. The van der Waals surface area contributed by atoms with Gasteiger partial charge in [-0.3, -0.25) is 10.1 Å². The minimum absolute atomic E-state index is 0.114. The fraction of sp³-hybridized carbons (Fsp3) is 0.368. The van der Waals surface area contributed by atoms with Crippen molar-refractivity contribution in [3.05, 3.63) is 58.1 Å². The van der Waals surface area contributed by atoms with Crippen LogP contribution in [0.5, 0.6) is 5.75 Å². The fourth-order valence-electron chi connectivity index (χ4n) is 3.55. The van der Waals surface area contributed by atoms with Crippen LogP contribution in [-0.2, 0) is 10.0 Å². The molecule has 1 heterocycles. The molecule has 0 amide bonds. The lowest BCUT2D eigenvalue weighted by molar-refractivity contribution is -0.384. The predicted octanol–water partition coefficient (Wildman–Crippen LogP) is 2.90. The number of nitrogens with one attached hydrogen (secondary N) is 1. The third-order valence-electron chi connectivity index (χ3n) is 5.12. The van der Waals surface area contributed by atoms with Crippen molar-refractivity contribution in [2.75, 3.05) is 32.1 Å². The van der Waals surface area contributed by atoms with E-state index < -0.39 is 14.9 Å². The Morgan fingerprint density at radius 2 is 1.89 bits per heavy atom. The van der Waals surface area contributed by atoms with Gasteiger partial charge in [-0.2, -0.15) is 0 Å². The van der Waals surface area contributed by atoms with Gasteiger partial charge in [0.1, 0.15) is 11.4 Å². The highest BCUT2D eigenvalue weighted by Gasteiger charge is 2.27. The molecule has 0 spiro atoms. The Morgan fingerprint density at radius 3 is 2.50 bits per heavy atom. The zero-order valence-electron chi connectivity index (χ0n) is 15.8. The van der Waals surface area contributed by atoms with Crippen LogP contribution in [0.1, 0.15) is 24.3 Å². The van der Waals surface area contributed by atoms with E-state index in [2.05, 4.69) is 10.8 Å². The summed E-state index contributed by atoms with van der Waals surface area (Å²) in [4.78, 5) is 12.8. The highest BCUT2D eigenvalue weighted by atomic mass is 32.2. The number of benzene rings is 2. The Hall–Kier alpha value is -2.65. The van der Waals surface area contributed by atoms with Crippen molar-refractivity contribution in [1.82, 2.24) is 4.72 Å². The van der Waals surface area contributed by atoms with Gasteiger partial charge in [0.15, 0.2) is 0 Å². The first kappa shape index (κ1) is 20.1. The Kier molecular flexibility index (Phi) is 5.85. The lowest BCUT2D eigenvalue weighted by Crippen LogP contribution is -2.33. The smallest absolute Gasteiger partial charge is 0.293 e. The number of anilines is 1. The molecule has 1 fully saturated rings. The van der Waals surface area contributed by atoms with Crippen molar-refractivity contribution >= 4 is 21.4 Å². The zero-order valence-corrected chi connectivity index (χ0v) is 16.6. The molecular weight excluding hydrogens is 382 g/mol. The largest absolute Gasteiger partial charge is 0.497 e. The highest BCUT2D eigenvalue weighted by molar-refractivity contribution is 7.89. The Bertz CT molecular complexity index is 969. The summed E-state index contributed by atoms with van der Waals surface area (Å²) in [6, 6.07) is 12.0. The number of ether oxygens (including phenoxy) is 1. The third-order valence-corrected chi connectivity index (χ3v) is 6.54. The van der Waals surface area contributed by atoms with Gasteiger partial charge in [-0.05, 0) is 55.6 Å². The Balaban J connectivity index is 1.81. The summed E-state index contributed by atoms with van der Waals surface area (Å²) < 4.78 is 31.4. The quantitative estimate of drug-likeness (QED) is 0.586. The van der Waals surface area contributed by atoms with Crippen molar-refractivity contribution in [3.63, 3.8) is 0 Å². The molecule has 28 heavy (non-hydrogen) atoms. The molecule has 9 heteroatoms. The van der Waals surface area contributed by atoms with Crippen molar-refractivity contribution < 1.29 is 18.1 Å². The van der Waals surface area contributed by atoms with E-state index in [0.717, 1.165) is 24.7 Å². The summed E-state index contributed by atoms with van der Waals surface area (Å²) >= 11 is 0. The first-order chi connectivity index (χ1) is 13.4. The summed E-state index contributed by atoms with van der Waals surface area (Å²) in [5.74, 6) is 1.17. The van der Waals surface area contributed by atoms with Crippen molar-refractivity contribution in [3.8, 4) is 5.75 Å². The van der Waals surface area contributed by atoms with Gasteiger partial charge in [-0.15, -0.1) is 0 Å². The van der Waals surface area contributed by atoms with E-state index >= 15 is 0 Å². The summed E-state index contributed by atoms with van der Waals surface area (Å²) in [5, 5.41) is 11.5. The third kappa shape index (κ3) is 4.10. The number of piperidine rings is 1. The topological polar surface area (TPSA) is 102 Å². The van der Waals surface area contributed by atoms with Gasteiger partial charge in [0.25, 0.3) is 5.69 Å². The second-order valence-corrected chi connectivity index (χ2v) is 8.54. The van der Waals surface area contributed by atoms with Gasteiger partial charge in [0.05, 0.1) is 16.9 Å². The van der Waals surface area contributed by atoms with Gasteiger partial charge in [-0.1, -0.05) is 12.1 Å². The first-order valence-corrected chi connectivity index (χ1v) is 10.4. The molecule has 1 aliphatic heterocycles. The van der Waals surface area contributed by atoms with Gasteiger partial charge < -0.3 is 9.64 Å². The molecule has 2 aromatic carbocycles. The molecule has 0 atom stereocenters. The van der Waals surface area contributed by atoms with Gasteiger partial charge >= 0.3 is 0 Å². The summed E-state index contributed by atoms with van der Waals surface area (Å²) in [6.07, 6.45) is 1.70. The van der Waals surface area contributed by atoms with Crippen LogP contribution in [-0.4, -0.2) is 40.6 Å². The summed E-state index contributed by atoms with van der Waals surface area (Å²) in [6.45, 7) is 1.31. The molecule has 1 N–H and O–H groups in total. The Labute approximate surface area is 164 Å². The predicted molar refractivity (Wildman–Crippen MR) is 107 cm³/mol. The number of nitrogens with zero attached hydrogens (tertiary/aromatic N) is 2. The maximum Gasteiger partial charge on any atom is 0.293 e. The number of nitro groups is 1. The molecule has 0 bridgehead atoms. The van der Waals surface area contributed by atoms with Gasteiger partial charge in [-0.25, -0.2) is 13.1 Å². The van der Waals surface area contributed by atoms with Crippen molar-refractivity contribution in [1.29, 1.82) is 0 Å². The molecule has 0 radical (unpaired) electrons. The second-order valence-electron chi connectivity index (χ2n) is 6.65. The van der Waals surface area contributed by atoms with E-state index in [1.165, 1.54) is 24.7 Å². The molecule has 2 aromatic rings. The molecular formula is C19H23N3O5S. The number of hydrogen-bond acceptors (Lipinski definition) is 6. The molecule has 0 aromatic heterocycles. The lowest BCUT2D eigenvalue weighted by Gasteiger charge is -2.33. The van der Waals surface area contributed by atoms with Gasteiger partial charge in [0.2, 0.25) is 10.0 Å². The molecule has 0 saturated carbocycles. The molecule has 0 aliphatic carbocycles. The van der Waals surface area contributed by atoms with E-state index in [1.807, 2.05) is 23.1 Å². The van der Waals surface area contributed by atoms with Crippen LogP contribution >= 0.6 is 0 Å².